The van der Waals surface area contributed by atoms with Gasteiger partial charge in [0.2, 0.25) is 17.7 Å². The molecule has 0 aromatic carbocycles. The molecule has 0 atom stereocenters. The van der Waals surface area contributed by atoms with E-state index in [1.807, 2.05) is 20.8 Å². The molecule has 9 nitrogen and oxygen atoms in total. The van der Waals surface area contributed by atoms with Crippen LogP contribution in [-0.2, 0) is 4.79 Å². The van der Waals surface area contributed by atoms with Crippen molar-refractivity contribution in [3.8, 4) is 0 Å². The molecule has 1 aliphatic carbocycles. The number of carbonyl (C=O) groups is 1. The molecule has 22 heavy (non-hydrogen) atoms. The summed E-state index contributed by atoms with van der Waals surface area (Å²) in [7, 11) is 0. The fourth-order valence-electron chi connectivity index (χ4n) is 1.74. The van der Waals surface area contributed by atoms with Crippen molar-refractivity contribution in [3.63, 3.8) is 0 Å². The van der Waals surface area contributed by atoms with Crippen LogP contribution in [0, 0.1) is 10.1 Å². The van der Waals surface area contributed by atoms with Crippen LogP contribution in [0.5, 0.6) is 0 Å². The first-order valence-corrected chi connectivity index (χ1v) is 7.07. The van der Waals surface area contributed by atoms with Crippen molar-refractivity contribution in [2.75, 3.05) is 17.2 Å². The van der Waals surface area contributed by atoms with Crippen molar-refractivity contribution in [3.05, 3.63) is 16.3 Å². The van der Waals surface area contributed by atoms with Gasteiger partial charge in [-0.2, -0.15) is 4.98 Å². The van der Waals surface area contributed by atoms with Crippen LogP contribution in [0.2, 0.25) is 0 Å². The van der Waals surface area contributed by atoms with E-state index in [1.54, 1.807) is 0 Å². The van der Waals surface area contributed by atoms with Gasteiger partial charge in [-0.05, 0) is 33.6 Å². The topological polar surface area (TPSA) is 122 Å². The molecule has 0 unspecified atom stereocenters. The second-order valence-corrected chi connectivity index (χ2v) is 6.25. The Bertz CT molecular complexity index is 580. The minimum absolute atomic E-state index is 0.00203. The fraction of sp³-hybridized carbons (Fsp3) is 0.615. The summed E-state index contributed by atoms with van der Waals surface area (Å²) in [6, 6.07) is 0.227. The number of rotatable bonds is 6. The second kappa shape index (κ2) is 6.12. The molecular weight excluding hydrogens is 288 g/mol. The average Bonchev–Trinajstić information content (AvgIpc) is 3.18. The minimum Gasteiger partial charge on any atom is -0.361 e. The summed E-state index contributed by atoms with van der Waals surface area (Å²) < 4.78 is 0. The van der Waals surface area contributed by atoms with Crippen LogP contribution in [0.15, 0.2) is 6.20 Å². The van der Waals surface area contributed by atoms with Crippen molar-refractivity contribution in [1.82, 2.24) is 15.3 Å². The number of hydrogen-bond donors (Lipinski definition) is 3. The Morgan fingerprint density at radius 1 is 1.45 bits per heavy atom. The van der Waals surface area contributed by atoms with Crippen LogP contribution in [-0.4, -0.2) is 38.9 Å². The monoisotopic (exact) mass is 308 g/mol. The van der Waals surface area contributed by atoms with Gasteiger partial charge in [0, 0.05) is 11.6 Å². The molecule has 0 aliphatic heterocycles. The molecule has 120 valence electrons. The predicted molar refractivity (Wildman–Crippen MR) is 81.7 cm³/mol. The number of anilines is 2. The van der Waals surface area contributed by atoms with Gasteiger partial charge in [-0.15, -0.1) is 0 Å². The van der Waals surface area contributed by atoms with Crippen LogP contribution in [0.25, 0.3) is 0 Å². The van der Waals surface area contributed by atoms with Crippen LogP contribution in [0.3, 0.4) is 0 Å². The van der Waals surface area contributed by atoms with E-state index in [0.717, 1.165) is 19.0 Å². The Hall–Kier alpha value is -2.45. The molecule has 1 fully saturated rings. The number of nitrogens with one attached hydrogen (secondary N) is 3. The molecule has 9 heteroatoms. The smallest absolute Gasteiger partial charge is 0.329 e. The van der Waals surface area contributed by atoms with Gasteiger partial charge in [-0.3, -0.25) is 14.9 Å². The Kier molecular flexibility index (Phi) is 4.43. The normalized spacial score (nSPS) is 14.3. The lowest BCUT2D eigenvalue weighted by molar-refractivity contribution is -0.384. The number of hydrogen-bond acceptors (Lipinski definition) is 7. The lowest BCUT2D eigenvalue weighted by Crippen LogP contribution is -2.43. The first-order valence-electron chi connectivity index (χ1n) is 7.07. The van der Waals surface area contributed by atoms with Gasteiger partial charge in [0.25, 0.3) is 0 Å². The zero-order valence-corrected chi connectivity index (χ0v) is 12.8. The molecule has 1 heterocycles. The van der Waals surface area contributed by atoms with Gasteiger partial charge in [-0.1, -0.05) is 0 Å². The van der Waals surface area contributed by atoms with Crippen molar-refractivity contribution in [1.29, 1.82) is 0 Å². The van der Waals surface area contributed by atoms with E-state index in [9.17, 15) is 14.9 Å². The number of aromatic nitrogens is 2. The van der Waals surface area contributed by atoms with Crippen molar-refractivity contribution in [2.24, 2.45) is 0 Å². The van der Waals surface area contributed by atoms with Crippen molar-refractivity contribution >= 4 is 23.4 Å². The number of amides is 1. The predicted octanol–water partition coefficient (Wildman–Crippen LogP) is 1.29. The molecule has 1 aliphatic rings. The molecule has 1 aromatic heterocycles. The summed E-state index contributed by atoms with van der Waals surface area (Å²) in [6.45, 7) is 5.64. The van der Waals surface area contributed by atoms with E-state index in [0.29, 0.717) is 0 Å². The third-order valence-electron chi connectivity index (χ3n) is 2.81. The van der Waals surface area contributed by atoms with E-state index in [2.05, 4.69) is 25.9 Å². The van der Waals surface area contributed by atoms with Crippen LogP contribution in [0.4, 0.5) is 17.5 Å². The van der Waals surface area contributed by atoms with Crippen LogP contribution < -0.4 is 16.0 Å². The number of nitro groups is 1. The van der Waals surface area contributed by atoms with Gasteiger partial charge < -0.3 is 16.0 Å². The average molecular weight is 308 g/mol. The Morgan fingerprint density at radius 3 is 2.68 bits per heavy atom. The van der Waals surface area contributed by atoms with E-state index >= 15 is 0 Å². The van der Waals surface area contributed by atoms with E-state index in [-0.39, 0.29) is 41.5 Å². The van der Waals surface area contributed by atoms with Crippen LogP contribution in [0.1, 0.15) is 33.6 Å². The third kappa shape index (κ3) is 4.83. The number of carbonyl (C=O) groups excluding carboxylic acids is 1. The molecule has 1 saturated carbocycles. The molecule has 0 bridgehead atoms. The summed E-state index contributed by atoms with van der Waals surface area (Å²) in [6.07, 6.45) is 3.08. The fourth-order valence-corrected chi connectivity index (χ4v) is 1.74. The maximum Gasteiger partial charge on any atom is 0.329 e. The maximum atomic E-state index is 11.7. The van der Waals surface area contributed by atoms with Gasteiger partial charge in [0.1, 0.15) is 6.20 Å². The highest BCUT2D eigenvalue weighted by molar-refractivity contribution is 5.80. The third-order valence-corrected chi connectivity index (χ3v) is 2.81. The highest BCUT2D eigenvalue weighted by Gasteiger charge is 2.26. The molecular formula is C13H20N6O3. The quantitative estimate of drug-likeness (QED) is 0.534. The van der Waals surface area contributed by atoms with Gasteiger partial charge in [0.05, 0.1) is 11.5 Å². The molecule has 1 amide bonds. The Morgan fingerprint density at radius 2 is 2.14 bits per heavy atom. The second-order valence-electron chi connectivity index (χ2n) is 6.25. The zero-order chi connectivity index (χ0) is 16.3. The van der Waals surface area contributed by atoms with E-state index in [4.69, 9.17) is 0 Å². The largest absolute Gasteiger partial charge is 0.361 e. The molecule has 0 saturated heterocycles. The van der Waals surface area contributed by atoms with Gasteiger partial charge in [0.15, 0.2) is 0 Å². The van der Waals surface area contributed by atoms with Crippen molar-refractivity contribution < 1.29 is 9.72 Å². The first kappa shape index (κ1) is 15.9. The molecule has 3 N–H and O–H groups in total. The summed E-state index contributed by atoms with van der Waals surface area (Å²) in [5, 5.41) is 19.5. The summed E-state index contributed by atoms with van der Waals surface area (Å²) in [4.78, 5) is 30.1. The zero-order valence-electron chi connectivity index (χ0n) is 12.8. The van der Waals surface area contributed by atoms with Crippen molar-refractivity contribution in [2.45, 2.75) is 45.2 Å². The maximum absolute atomic E-state index is 11.7. The van der Waals surface area contributed by atoms with Gasteiger partial charge in [-0.25, -0.2) is 4.98 Å². The van der Waals surface area contributed by atoms with Crippen LogP contribution >= 0.6 is 0 Å². The lowest BCUT2D eigenvalue weighted by Gasteiger charge is -2.20. The Balaban J connectivity index is 2.01. The standard InChI is InChI=1S/C13H20N6O3/c1-13(2,3)18-10(20)7-15-12-14-6-9(19(21)22)11(17-12)16-8-4-5-8/h6,8H,4-5,7H2,1-3H3,(H,18,20)(H2,14,15,16,17). The Labute approximate surface area is 128 Å². The molecule has 0 spiro atoms. The highest BCUT2D eigenvalue weighted by atomic mass is 16.6. The van der Waals surface area contributed by atoms with E-state index < -0.39 is 4.92 Å². The molecule has 0 radical (unpaired) electrons. The summed E-state index contributed by atoms with van der Waals surface area (Å²) in [5.74, 6) is 0.158. The number of nitrogens with zero attached hydrogens (tertiary/aromatic N) is 3. The van der Waals surface area contributed by atoms with E-state index in [1.165, 1.54) is 0 Å². The van der Waals surface area contributed by atoms with Gasteiger partial charge >= 0.3 is 5.69 Å². The summed E-state index contributed by atoms with van der Waals surface area (Å²) in [5.41, 5.74) is -0.495. The molecule has 1 aromatic rings. The first-order chi connectivity index (χ1) is 10.2. The lowest BCUT2D eigenvalue weighted by atomic mass is 10.1. The minimum atomic E-state index is -0.527. The summed E-state index contributed by atoms with van der Waals surface area (Å²) >= 11 is 0. The SMILES string of the molecule is CC(C)(C)NC(=O)CNc1ncc([N+](=O)[O-])c(NC2CC2)n1. The molecule has 2 rings (SSSR count). The highest BCUT2D eigenvalue weighted by Crippen LogP contribution is 2.29.